The molecule has 46 heavy (non-hydrogen) atoms. The quantitative estimate of drug-likeness (QED) is 0.0300. The molecule has 0 saturated heterocycles. The lowest BCUT2D eigenvalue weighted by molar-refractivity contribution is -0.154. The molecule has 0 saturated carbocycles. The summed E-state index contributed by atoms with van der Waals surface area (Å²) in [5, 5.41) is -0.202. The van der Waals surface area contributed by atoms with Gasteiger partial charge in [-0.2, -0.15) is 0 Å². The SMILES string of the molecule is CCCCCC(CC)OC(=O)SCN(CC)CCCN(CCCOP(=O)(OCC)OCC)CC(C)C(=O)OC(CC)CCCCC. The van der Waals surface area contributed by atoms with Crippen LogP contribution in [0.1, 0.15) is 132 Å². The number of phosphoric ester groups is 1. The Hall–Kier alpha value is -0.680. The van der Waals surface area contributed by atoms with E-state index in [1.165, 1.54) is 11.8 Å². The Morgan fingerprint density at radius 3 is 1.76 bits per heavy atom. The highest BCUT2D eigenvalue weighted by Crippen LogP contribution is 2.49. The Labute approximate surface area is 286 Å². The molecular formula is C34H69N2O8PS. The fourth-order valence-electron chi connectivity index (χ4n) is 5.01. The van der Waals surface area contributed by atoms with Gasteiger partial charge in [0.05, 0.1) is 31.6 Å². The number of ether oxygens (including phenoxy) is 2. The average Bonchev–Trinajstić information content (AvgIpc) is 3.03. The second-order valence-electron chi connectivity index (χ2n) is 11.9. The molecule has 0 aliphatic carbocycles. The normalized spacial score (nSPS) is 14.0. The zero-order valence-corrected chi connectivity index (χ0v) is 32.3. The van der Waals surface area contributed by atoms with E-state index in [4.69, 9.17) is 23.0 Å². The molecule has 10 nitrogen and oxygen atoms in total. The molecule has 0 aliphatic rings. The maximum Gasteiger partial charge on any atom is 0.474 e. The standard InChI is InChI=1S/C34H69N2O8PS/c1-9-16-18-22-31(11-3)43-33(37)30(8)28-36(26-21-27-42-45(39,40-14-6)41-15-7)25-20-24-35(13-5)29-46-34(38)44-32(12-4)23-19-17-10-2/h30-32H,9-29H2,1-8H3. The first-order chi connectivity index (χ1) is 22.1. The van der Waals surface area contributed by atoms with Crippen LogP contribution in [0.3, 0.4) is 0 Å². The summed E-state index contributed by atoms with van der Waals surface area (Å²) < 4.78 is 40.3. The molecule has 0 aromatic carbocycles. The van der Waals surface area contributed by atoms with E-state index in [1.807, 2.05) is 6.92 Å². The molecule has 0 aromatic heterocycles. The highest BCUT2D eigenvalue weighted by atomic mass is 32.2. The van der Waals surface area contributed by atoms with Crippen molar-refractivity contribution in [2.75, 3.05) is 58.4 Å². The third-order valence-electron chi connectivity index (χ3n) is 7.85. The number of thioether (sulfide) groups is 1. The molecule has 3 atom stereocenters. The molecule has 274 valence electrons. The van der Waals surface area contributed by atoms with Gasteiger partial charge < -0.3 is 14.4 Å². The number of unbranched alkanes of at least 4 members (excludes halogenated alkanes) is 4. The summed E-state index contributed by atoms with van der Waals surface area (Å²) in [6.07, 6.45) is 11.7. The summed E-state index contributed by atoms with van der Waals surface area (Å²) in [5.41, 5.74) is 0. The lowest BCUT2D eigenvalue weighted by atomic mass is 10.1. The minimum atomic E-state index is -3.57. The van der Waals surface area contributed by atoms with E-state index in [2.05, 4.69) is 44.4 Å². The molecule has 0 radical (unpaired) electrons. The Morgan fingerprint density at radius 1 is 0.696 bits per heavy atom. The maximum atomic E-state index is 13.0. The van der Waals surface area contributed by atoms with Crippen LogP contribution >= 0.6 is 19.6 Å². The zero-order chi connectivity index (χ0) is 34.6. The Bertz CT molecular complexity index is 799. The zero-order valence-electron chi connectivity index (χ0n) is 30.6. The minimum absolute atomic E-state index is 0.00670. The topological polar surface area (TPSA) is 104 Å². The van der Waals surface area contributed by atoms with Crippen molar-refractivity contribution in [3.05, 3.63) is 0 Å². The second kappa shape index (κ2) is 29.3. The monoisotopic (exact) mass is 696 g/mol. The average molecular weight is 697 g/mol. The Morgan fingerprint density at radius 2 is 1.24 bits per heavy atom. The van der Waals surface area contributed by atoms with Crippen LogP contribution in [-0.4, -0.2) is 91.7 Å². The molecule has 0 N–H and O–H groups in total. The minimum Gasteiger partial charge on any atom is -0.462 e. The summed E-state index contributed by atoms with van der Waals surface area (Å²) in [6.45, 7) is 20.3. The van der Waals surface area contributed by atoms with E-state index < -0.39 is 7.82 Å². The number of hydrogen-bond acceptors (Lipinski definition) is 11. The van der Waals surface area contributed by atoms with Gasteiger partial charge in [-0.25, -0.2) is 9.36 Å². The number of nitrogens with zero attached hydrogens (tertiary/aromatic N) is 2. The molecule has 0 fully saturated rings. The van der Waals surface area contributed by atoms with Crippen molar-refractivity contribution < 1.29 is 37.2 Å². The lowest BCUT2D eigenvalue weighted by Gasteiger charge is -2.28. The van der Waals surface area contributed by atoms with Gasteiger partial charge in [-0.3, -0.25) is 23.3 Å². The van der Waals surface area contributed by atoms with E-state index in [0.29, 0.717) is 25.4 Å². The first-order valence-corrected chi connectivity index (χ1v) is 20.6. The van der Waals surface area contributed by atoms with Crippen molar-refractivity contribution in [2.45, 2.75) is 145 Å². The summed E-state index contributed by atoms with van der Waals surface area (Å²) in [7, 11) is -3.57. The van der Waals surface area contributed by atoms with Crippen LogP contribution in [0, 0.1) is 5.92 Å². The number of rotatable bonds is 31. The Kier molecular flexibility index (Phi) is 28.8. The van der Waals surface area contributed by atoms with Crippen LogP contribution in [-0.2, 0) is 32.4 Å². The summed E-state index contributed by atoms with van der Waals surface area (Å²) in [6, 6.07) is 0. The van der Waals surface area contributed by atoms with Crippen LogP contribution < -0.4 is 0 Å². The molecule has 0 aliphatic heterocycles. The van der Waals surface area contributed by atoms with Gasteiger partial charge in [0.15, 0.2) is 0 Å². The van der Waals surface area contributed by atoms with Crippen LogP contribution in [0.2, 0.25) is 0 Å². The van der Waals surface area contributed by atoms with Gasteiger partial charge >= 0.3 is 19.1 Å². The predicted octanol–water partition coefficient (Wildman–Crippen LogP) is 9.31. The van der Waals surface area contributed by atoms with Crippen molar-refractivity contribution in [1.82, 2.24) is 9.80 Å². The van der Waals surface area contributed by atoms with Gasteiger partial charge in [0, 0.05) is 19.6 Å². The highest BCUT2D eigenvalue weighted by molar-refractivity contribution is 8.13. The maximum absolute atomic E-state index is 13.0. The van der Waals surface area contributed by atoms with Gasteiger partial charge in [0.1, 0.15) is 12.2 Å². The lowest BCUT2D eigenvalue weighted by Crippen LogP contribution is -2.37. The van der Waals surface area contributed by atoms with Crippen LogP contribution in [0.4, 0.5) is 4.79 Å². The number of carbonyl (C=O) groups is 2. The van der Waals surface area contributed by atoms with Crippen molar-refractivity contribution in [1.29, 1.82) is 0 Å². The highest BCUT2D eigenvalue weighted by Gasteiger charge is 2.26. The van der Waals surface area contributed by atoms with Gasteiger partial charge in [0.2, 0.25) is 0 Å². The van der Waals surface area contributed by atoms with Gasteiger partial charge in [-0.15, -0.1) is 0 Å². The molecule has 0 amide bonds. The van der Waals surface area contributed by atoms with E-state index >= 15 is 0 Å². The fraction of sp³-hybridized carbons (Fsp3) is 0.941. The van der Waals surface area contributed by atoms with Gasteiger partial charge in [0.25, 0.3) is 0 Å². The van der Waals surface area contributed by atoms with Gasteiger partial charge in [-0.05, 0) is 90.1 Å². The van der Waals surface area contributed by atoms with E-state index in [9.17, 15) is 14.2 Å². The molecule has 0 bridgehead atoms. The Balaban J connectivity index is 5.10. The number of carbonyl (C=O) groups excluding carboxylic acids is 2. The van der Waals surface area contributed by atoms with Crippen LogP contribution in [0.15, 0.2) is 0 Å². The molecule has 0 heterocycles. The summed E-state index contributed by atoms with van der Waals surface area (Å²) >= 11 is 1.23. The predicted molar refractivity (Wildman–Crippen MR) is 190 cm³/mol. The van der Waals surface area contributed by atoms with E-state index in [-0.39, 0.29) is 49.2 Å². The first kappa shape index (κ1) is 45.3. The van der Waals surface area contributed by atoms with Crippen molar-refractivity contribution in [3.8, 4) is 0 Å². The number of phosphoric acid groups is 1. The molecule has 0 aromatic rings. The van der Waals surface area contributed by atoms with Crippen molar-refractivity contribution in [2.24, 2.45) is 5.92 Å². The second-order valence-corrected chi connectivity index (χ2v) is 14.4. The van der Waals surface area contributed by atoms with Crippen LogP contribution in [0.5, 0.6) is 0 Å². The smallest absolute Gasteiger partial charge is 0.462 e. The van der Waals surface area contributed by atoms with Crippen LogP contribution in [0.25, 0.3) is 0 Å². The van der Waals surface area contributed by atoms with E-state index in [1.54, 1.807) is 13.8 Å². The molecule has 12 heteroatoms. The van der Waals surface area contributed by atoms with Crippen molar-refractivity contribution >= 4 is 30.9 Å². The molecule has 0 spiro atoms. The first-order valence-electron chi connectivity index (χ1n) is 18.1. The fourth-order valence-corrected chi connectivity index (χ4v) is 7.02. The summed E-state index contributed by atoms with van der Waals surface area (Å²) in [4.78, 5) is 30.0. The van der Waals surface area contributed by atoms with E-state index in [0.717, 1.165) is 90.3 Å². The third kappa shape index (κ3) is 22.8. The van der Waals surface area contributed by atoms with Crippen molar-refractivity contribution in [3.63, 3.8) is 0 Å². The molecule has 0 rings (SSSR count). The molecule has 3 unspecified atom stereocenters. The number of esters is 1. The number of hydrogen-bond donors (Lipinski definition) is 0. The largest absolute Gasteiger partial charge is 0.474 e. The molecular weight excluding hydrogens is 627 g/mol. The summed E-state index contributed by atoms with van der Waals surface area (Å²) in [5.74, 6) is 0.139. The van der Waals surface area contributed by atoms with Gasteiger partial charge in [-0.1, -0.05) is 67.2 Å². The third-order valence-corrected chi connectivity index (χ3v) is 10.3.